The number of fused-ring (bicyclic) bond motifs is 1. The van der Waals surface area contributed by atoms with Gasteiger partial charge in [-0.25, -0.2) is 0 Å². The summed E-state index contributed by atoms with van der Waals surface area (Å²) >= 11 is 0. The lowest BCUT2D eigenvalue weighted by Gasteiger charge is -2.10. The first-order valence-electron chi connectivity index (χ1n) is 5.47. The molecule has 1 aliphatic heterocycles. The molecule has 0 saturated carbocycles. The summed E-state index contributed by atoms with van der Waals surface area (Å²) in [5.41, 5.74) is 2.12. The van der Waals surface area contributed by atoms with E-state index < -0.39 is 0 Å². The highest BCUT2D eigenvalue weighted by Crippen LogP contribution is 2.25. The van der Waals surface area contributed by atoms with E-state index in [4.69, 9.17) is 4.42 Å². The highest BCUT2D eigenvalue weighted by Gasteiger charge is 2.17. The van der Waals surface area contributed by atoms with E-state index in [0.29, 0.717) is 17.2 Å². The average Bonchev–Trinajstić information content (AvgIpc) is 2.96. The molecule has 82 valence electrons. The fourth-order valence-corrected chi connectivity index (χ4v) is 2.05. The van der Waals surface area contributed by atoms with Crippen molar-refractivity contribution in [1.82, 2.24) is 4.98 Å². The zero-order valence-corrected chi connectivity index (χ0v) is 8.85. The third-order valence-corrected chi connectivity index (χ3v) is 2.91. The molecule has 4 heteroatoms. The van der Waals surface area contributed by atoms with Gasteiger partial charge in [0.1, 0.15) is 11.8 Å². The van der Waals surface area contributed by atoms with Crippen LogP contribution in [0.4, 0.5) is 6.01 Å². The summed E-state index contributed by atoms with van der Waals surface area (Å²) in [6.07, 6.45) is 3.20. The lowest BCUT2D eigenvalue weighted by molar-refractivity contribution is 0.112. The van der Waals surface area contributed by atoms with Crippen molar-refractivity contribution in [1.29, 1.82) is 0 Å². The van der Waals surface area contributed by atoms with Gasteiger partial charge in [0.25, 0.3) is 6.01 Å². The molecule has 0 spiro atoms. The molecule has 2 aromatic rings. The first kappa shape index (κ1) is 9.39. The van der Waals surface area contributed by atoms with Gasteiger partial charge in [0.15, 0.2) is 5.58 Å². The number of aromatic nitrogens is 1. The van der Waals surface area contributed by atoms with Crippen molar-refractivity contribution in [2.45, 2.75) is 12.8 Å². The van der Waals surface area contributed by atoms with E-state index in [-0.39, 0.29) is 0 Å². The molecule has 2 heterocycles. The van der Waals surface area contributed by atoms with Crippen LogP contribution in [0.25, 0.3) is 11.1 Å². The Morgan fingerprint density at radius 1 is 1.31 bits per heavy atom. The number of rotatable bonds is 2. The Hall–Kier alpha value is -1.84. The Balaban J connectivity index is 2.04. The summed E-state index contributed by atoms with van der Waals surface area (Å²) in [6, 6.07) is 5.98. The first-order valence-corrected chi connectivity index (χ1v) is 5.47. The van der Waals surface area contributed by atoms with Crippen LogP contribution in [-0.4, -0.2) is 24.4 Å². The molecule has 3 rings (SSSR count). The minimum absolute atomic E-state index is 0.622. The van der Waals surface area contributed by atoms with Gasteiger partial charge in [-0.15, -0.1) is 0 Å². The van der Waals surface area contributed by atoms with Crippen molar-refractivity contribution in [2.24, 2.45) is 0 Å². The number of carbonyl (C=O) groups is 1. The zero-order valence-electron chi connectivity index (χ0n) is 8.85. The smallest absolute Gasteiger partial charge is 0.298 e. The predicted molar refractivity (Wildman–Crippen MR) is 60.8 cm³/mol. The highest BCUT2D eigenvalue weighted by molar-refractivity contribution is 5.84. The molecule has 0 atom stereocenters. The Kier molecular flexibility index (Phi) is 2.13. The summed E-state index contributed by atoms with van der Waals surface area (Å²) in [5, 5.41) is 0. The van der Waals surface area contributed by atoms with Gasteiger partial charge in [-0.05, 0) is 31.0 Å². The highest BCUT2D eigenvalue weighted by atomic mass is 16.4. The summed E-state index contributed by atoms with van der Waals surface area (Å²) in [4.78, 5) is 17.2. The van der Waals surface area contributed by atoms with Crippen LogP contribution in [0.3, 0.4) is 0 Å². The maximum Gasteiger partial charge on any atom is 0.298 e. The standard InChI is InChI=1S/C12H12N2O2/c15-8-9-3-4-10-11(7-9)16-12(13-10)14-5-1-2-6-14/h3-4,7-8H,1-2,5-6H2. The lowest BCUT2D eigenvalue weighted by atomic mass is 10.2. The topological polar surface area (TPSA) is 46.3 Å². The van der Waals surface area contributed by atoms with Gasteiger partial charge < -0.3 is 9.32 Å². The first-order chi connectivity index (χ1) is 7.86. The van der Waals surface area contributed by atoms with Crippen LogP contribution in [0, 0.1) is 0 Å². The van der Waals surface area contributed by atoms with Crippen LogP contribution in [0.5, 0.6) is 0 Å². The van der Waals surface area contributed by atoms with Crippen molar-refractivity contribution < 1.29 is 9.21 Å². The minimum atomic E-state index is 0.622. The van der Waals surface area contributed by atoms with Gasteiger partial charge in [0.05, 0.1) is 0 Å². The molecule has 1 aromatic carbocycles. The number of hydrogen-bond acceptors (Lipinski definition) is 4. The minimum Gasteiger partial charge on any atom is -0.423 e. The van der Waals surface area contributed by atoms with E-state index in [9.17, 15) is 4.79 Å². The van der Waals surface area contributed by atoms with E-state index in [1.54, 1.807) is 12.1 Å². The van der Waals surface area contributed by atoms with Crippen LogP contribution >= 0.6 is 0 Å². The van der Waals surface area contributed by atoms with Crippen LogP contribution in [-0.2, 0) is 0 Å². The Morgan fingerprint density at radius 2 is 2.12 bits per heavy atom. The molecule has 1 aromatic heterocycles. The molecular formula is C12H12N2O2. The molecule has 0 unspecified atom stereocenters. The summed E-state index contributed by atoms with van der Waals surface area (Å²) in [6.45, 7) is 2.01. The third kappa shape index (κ3) is 1.46. The molecule has 0 aliphatic carbocycles. The van der Waals surface area contributed by atoms with Crippen LogP contribution in [0.15, 0.2) is 22.6 Å². The second-order valence-corrected chi connectivity index (χ2v) is 4.04. The van der Waals surface area contributed by atoms with Crippen LogP contribution in [0.2, 0.25) is 0 Å². The normalized spacial score (nSPS) is 15.9. The van der Waals surface area contributed by atoms with Gasteiger partial charge in [-0.2, -0.15) is 4.98 Å². The number of anilines is 1. The molecule has 16 heavy (non-hydrogen) atoms. The van der Waals surface area contributed by atoms with Gasteiger partial charge in [0.2, 0.25) is 0 Å². The van der Waals surface area contributed by atoms with Gasteiger partial charge in [-0.3, -0.25) is 4.79 Å². The van der Waals surface area contributed by atoms with Gasteiger partial charge >= 0.3 is 0 Å². The van der Waals surface area contributed by atoms with Crippen molar-refractivity contribution in [2.75, 3.05) is 18.0 Å². The van der Waals surface area contributed by atoms with E-state index in [1.165, 1.54) is 12.8 Å². The second kappa shape index (κ2) is 3.63. The van der Waals surface area contributed by atoms with Gasteiger partial charge in [-0.1, -0.05) is 0 Å². The van der Waals surface area contributed by atoms with E-state index >= 15 is 0 Å². The van der Waals surface area contributed by atoms with Crippen LogP contribution < -0.4 is 4.90 Å². The van der Waals surface area contributed by atoms with Crippen molar-refractivity contribution in [3.63, 3.8) is 0 Å². The molecule has 0 N–H and O–H groups in total. The van der Waals surface area contributed by atoms with E-state index in [0.717, 1.165) is 24.9 Å². The molecule has 0 radical (unpaired) electrons. The SMILES string of the molecule is O=Cc1ccc2nc(N3CCCC3)oc2c1. The predicted octanol–water partition coefficient (Wildman–Crippen LogP) is 2.24. The quantitative estimate of drug-likeness (QED) is 0.722. The number of oxazole rings is 1. The maximum atomic E-state index is 10.6. The molecule has 1 fully saturated rings. The average molecular weight is 216 g/mol. The molecular weight excluding hydrogens is 204 g/mol. The maximum absolute atomic E-state index is 10.6. The van der Waals surface area contributed by atoms with Gasteiger partial charge in [0, 0.05) is 18.7 Å². The number of carbonyl (C=O) groups excluding carboxylic acids is 1. The van der Waals surface area contributed by atoms with E-state index in [2.05, 4.69) is 9.88 Å². The van der Waals surface area contributed by atoms with Crippen molar-refractivity contribution in [3.05, 3.63) is 23.8 Å². The molecule has 1 saturated heterocycles. The largest absolute Gasteiger partial charge is 0.423 e. The Labute approximate surface area is 92.9 Å². The van der Waals surface area contributed by atoms with Crippen LogP contribution in [0.1, 0.15) is 23.2 Å². The third-order valence-electron chi connectivity index (χ3n) is 2.91. The van der Waals surface area contributed by atoms with Crippen molar-refractivity contribution in [3.8, 4) is 0 Å². The fraction of sp³-hybridized carbons (Fsp3) is 0.333. The molecule has 4 nitrogen and oxygen atoms in total. The zero-order chi connectivity index (χ0) is 11.0. The number of hydrogen-bond donors (Lipinski definition) is 0. The van der Waals surface area contributed by atoms with Crippen molar-refractivity contribution >= 4 is 23.4 Å². The Bertz CT molecular complexity index is 527. The second-order valence-electron chi connectivity index (χ2n) is 4.04. The molecule has 1 aliphatic rings. The number of nitrogens with zero attached hydrogens (tertiary/aromatic N) is 2. The summed E-state index contributed by atoms with van der Waals surface area (Å²) in [7, 11) is 0. The Morgan fingerprint density at radius 3 is 2.88 bits per heavy atom. The molecule has 0 bridgehead atoms. The summed E-state index contributed by atoms with van der Waals surface area (Å²) in [5.74, 6) is 0. The fourth-order valence-electron chi connectivity index (χ4n) is 2.05. The molecule has 0 amide bonds. The summed E-state index contributed by atoms with van der Waals surface area (Å²) < 4.78 is 5.65. The van der Waals surface area contributed by atoms with E-state index in [1.807, 2.05) is 6.07 Å². The monoisotopic (exact) mass is 216 g/mol. The number of benzene rings is 1. The lowest BCUT2D eigenvalue weighted by Crippen LogP contribution is -2.17. The number of aldehydes is 1.